The van der Waals surface area contributed by atoms with E-state index in [1.807, 2.05) is 22.6 Å². The van der Waals surface area contributed by atoms with E-state index in [9.17, 15) is 9.90 Å². The lowest BCUT2D eigenvalue weighted by Gasteiger charge is -2.06. The summed E-state index contributed by atoms with van der Waals surface area (Å²) in [4.78, 5) is 11.7. The number of halogens is 1. The number of aromatic hydroxyl groups is 1. The predicted octanol–water partition coefficient (Wildman–Crippen LogP) is 1.80. The highest BCUT2D eigenvalue weighted by Crippen LogP contribution is 2.31. The third-order valence-corrected chi connectivity index (χ3v) is 3.41. The third kappa shape index (κ3) is 3.72. The van der Waals surface area contributed by atoms with E-state index in [1.54, 1.807) is 25.1 Å². The van der Waals surface area contributed by atoms with Crippen LogP contribution in [0.2, 0.25) is 0 Å². The lowest BCUT2D eigenvalue weighted by Crippen LogP contribution is -2.18. The Hall–Kier alpha value is -2.10. The first kappa shape index (κ1) is 15.3. The predicted molar refractivity (Wildman–Crippen MR) is 85.8 cm³/mol. The van der Waals surface area contributed by atoms with Crippen LogP contribution in [-0.2, 0) is 0 Å². The largest absolute Gasteiger partial charge is 0.504 e. The van der Waals surface area contributed by atoms with E-state index in [4.69, 9.17) is 4.74 Å². The first-order chi connectivity index (χ1) is 10.0. The summed E-state index contributed by atoms with van der Waals surface area (Å²) in [5.41, 5.74) is 4.12. The molecule has 1 aromatic heterocycles. The average Bonchev–Trinajstić information content (AvgIpc) is 2.89. The van der Waals surface area contributed by atoms with Crippen molar-refractivity contribution in [3.63, 3.8) is 0 Å². The van der Waals surface area contributed by atoms with Crippen molar-refractivity contribution in [2.24, 2.45) is 5.10 Å². The summed E-state index contributed by atoms with van der Waals surface area (Å²) in [7, 11) is 1.47. The molecule has 0 atom stereocenters. The summed E-state index contributed by atoms with van der Waals surface area (Å²) >= 11 is 1.98. The van der Waals surface area contributed by atoms with Gasteiger partial charge in [0, 0.05) is 5.69 Å². The molecule has 1 amide bonds. The quantitative estimate of drug-likeness (QED) is 0.414. The number of aromatic nitrogens is 2. The second-order valence-electron chi connectivity index (χ2n) is 4.19. The van der Waals surface area contributed by atoms with Gasteiger partial charge in [0.2, 0.25) is 0 Å². The van der Waals surface area contributed by atoms with Crippen molar-refractivity contribution in [1.29, 1.82) is 0 Å². The Labute approximate surface area is 134 Å². The number of aryl methyl sites for hydroxylation is 1. The maximum Gasteiger partial charge on any atom is 0.291 e. The molecule has 0 aliphatic carbocycles. The first-order valence-corrected chi connectivity index (χ1v) is 7.01. The third-order valence-electron chi connectivity index (χ3n) is 2.59. The molecule has 1 heterocycles. The molecule has 0 saturated carbocycles. The van der Waals surface area contributed by atoms with Crippen molar-refractivity contribution in [3.8, 4) is 11.5 Å². The summed E-state index contributed by atoms with van der Waals surface area (Å²) in [5, 5.41) is 20.1. The molecule has 0 radical (unpaired) electrons. The van der Waals surface area contributed by atoms with Gasteiger partial charge in [0.1, 0.15) is 0 Å². The molecule has 21 heavy (non-hydrogen) atoms. The van der Waals surface area contributed by atoms with Crippen molar-refractivity contribution in [3.05, 3.63) is 38.7 Å². The molecule has 8 heteroatoms. The fourth-order valence-corrected chi connectivity index (χ4v) is 2.21. The summed E-state index contributed by atoms with van der Waals surface area (Å²) in [6, 6.07) is 4.95. The van der Waals surface area contributed by atoms with Gasteiger partial charge in [0.25, 0.3) is 5.91 Å². The number of amides is 1. The maximum atomic E-state index is 11.7. The van der Waals surface area contributed by atoms with Crippen molar-refractivity contribution < 1.29 is 14.6 Å². The van der Waals surface area contributed by atoms with Gasteiger partial charge in [-0.15, -0.1) is 0 Å². The second-order valence-corrected chi connectivity index (χ2v) is 5.35. The van der Waals surface area contributed by atoms with Crippen LogP contribution < -0.4 is 10.2 Å². The zero-order chi connectivity index (χ0) is 15.4. The van der Waals surface area contributed by atoms with Gasteiger partial charge in [0.05, 0.1) is 16.9 Å². The monoisotopic (exact) mass is 400 g/mol. The number of benzene rings is 1. The Balaban J connectivity index is 2.08. The molecule has 110 valence electrons. The summed E-state index contributed by atoms with van der Waals surface area (Å²) in [6.07, 6.45) is 1.46. The van der Waals surface area contributed by atoms with Crippen molar-refractivity contribution in [2.45, 2.75) is 6.92 Å². The second kappa shape index (κ2) is 6.57. The average molecular weight is 400 g/mol. The van der Waals surface area contributed by atoms with Gasteiger partial charge in [-0.25, -0.2) is 5.43 Å². The molecule has 0 fully saturated rings. The molecular weight excluding hydrogens is 387 g/mol. The van der Waals surface area contributed by atoms with E-state index >= 15 is 0 Å². The number of hydrazone groups is 1. The van der Waals surface area contributed by atoms with Gasteiger partial charge in [-0.2, -0.15) is 10.2 Å². The Morgan fingerprint density at radius 3 is 2.90 bits per heavy atom. The van der Waals surface area contributed by atoms with Crippen LogP contribution in [0.15, 0.2) is 23.3 Å². The van der Waals surface area contributed by atoms with Crippen LogP contribution in [0.25, 0.3) is 0 Å². The number of ether oxygens (including phenoxy) is 1. The SMILES string of the molecule is COc1cc(/C=N\NC(=O)c2cc(C)[nH]n2)cc(I)c1O. The van der Waals surface area contributed by atoms with Gasteiger partial charge in [-0.1, -0.05) is 0 Å². The van der Waals surface area contributed by atoms with Crippen molar-refractivity contribution >= 4 is 34.7 Å². The topological polar surface area (TPSA) is 99.6 Å². The van der Waals surface area contributed by atoms with E-state index in [0.29, 0.717) is 14.9 Å². The van der Waals surface area contributed by atoms with Crippen LogP contribution in [0.3, 0.4) is 0 Å². The molecule has 2 rings (SSSR count). The first-order valence-electron chi connectivity index (χ1n) is 5.93. The summed E-state index contributed by atoms with van der Waals surface area (Å²) in [5.74, 6) is 0.0138. The fourth-order valence-electron chi connectivity index (χ4n) is 1.58. The number of nitrogens with one attached hydrogen (secondary N) is 2. The van der Waals surface area contributed by atoms with Gasteiger partial charge in [-0.05, 0) is 53.3 Å². The van der Waals surface area contributed by atoms with Crippen LogP contribution in [0, 0.1) is 10.5 Å². The number of phenols is 1. The normalized spacial score (nSPS) is 10.8. The number of nitrogens with zero attached hydrogens (tertiary/aromatic N) is 2. The lowest BCUT2D eigenvalue weighted by molar-refractivity contribution is 0.0950. The number of hydrogen-bond acceptors (Lipinski definition) is 5. The summed E-state index contributed by atoms with van der Waals surface area (Å²) < 4.78 is 5.68. The highest BCUT2D eigenvalue weighted by Gasteiger charge is 2.09. The van der Waals surface area contributed by atoms with Crippen molar-refractivity contribution in [1.82, 2.24) is 15.6 Å². The molecule has 0 spiro atoms. The maximum absolute atomic E-state index is 11.7. The van der Waals surface area contributed by atoms with Gasteiger partial charge in [0.15, 0.2) is 17.2 Å². The van der Waals surface area contributed by atoms with E-state index < -0.39 is 5.91 Å². The van der Waals surface area contributed by atoms with E-state index in [0.717, 1.165) is 5.69 Å². The Bertz CT molecular complexity index is 697. The minimum Gasteiger partial charge on any atom is -0.504 e. The molecule has 7 nitrogen and oxygen atoms in total. The number of methoxy groups -OCH3 is 1. The lowest BCUT2D eigenvalue weighted by atomic mass is 10.2. The number of rotatable bonds is 4. The Morgan fingerprint density at radius 2 is 2.29 bits per heavy atom. The van der Waals surface area contributed by atoms with Crippen LogP contribution in [0.4, 0.5) is 0 Å². The molecule has 0 saturated heterocycles. The van der Waals surface area contributed by atoms with Gasteiger partial charge < -0.3 is 9.84 Å². The van der Waals surface area contributed by atoms with E-state index in [-0.39, 0.29) is 11.4 Å². The van der Waals surface area contributed by atoms with Crippen LogP contribution in [-0.4, -0.2) is 34.5 Å². The van der Waals surface area contributed by atoms with Crippen LogP contribution in [0.1, 0.15) is 21.7 Å². The minimum absolute atomic E-state index is 0.0753. The molecule has 0 unspecified atom stereocenters. The standard InChI is InChI=1S/C13H13IN4O3/c1-7-3-10(17-16-7)13(20)18-15-6-8-4-9(14)12(19)11(5-8)21-2/h3-6,19H,1-2H3,(H,16,17)(H,18,20)/b15-6-. The minimum atomic E-state index is -0.406. The number of carbonyl (C=O) groups excluding carboxylic acids is 1. The molecule has 0 bridgehead atoms. The van der Waals surface area contributed by atoms with Crippen LogP contribution in [0.5, 0.6) is 11.5 Å². The molecule has 0 aliphatic heterocycles. The van der Waals surface area contributed by atoms with Gasteiger partial charge in [-0.3, -0.25) is 9.89 Å². The number of carbonyl (C=O) groups is 1. The molecular formula is C13H13IN4O3. The van der Waals surface area contributed by atoms with Crippen LogP contribution >= 0.6 is 22.6 Å². The molecule has 3 N–H and O–H groups in total. The number of phenolic OH excluding ortho intramolecular Hbond substituents is 1. The highest BCUT2D eigenvalue weighted by atomic mass is 127. The number of H-pyrrole nitrogens is 1. The van der Waals surface area contributed by atoms with E-state index in [1.165, 1.54) is 13.3 Å². The summed E-state index contributed by atoms with van der Waals surface area (Å²) in [6.45, 7) is 1.80. The zero-order valence-corrected chi connectivity index (χ0v) is 13.5. The van der Waals surface area contributed by atoms with E-state index in [2.05, 4.69) is 20.7 Å². The Morgan fingerprint density at radius 1 is 1.52 bits per heavy atom. The molecule has 2 aromatic rings. The smallest absolute Gasteiger partial charge is 0.291 e. The fraction of sp³-hybridized carbons (Fsp3) is 0.154. The molecule has 1 aromatic carbocycles. The van der Waals surface area contributed by atoms with Crippen molar-refractivity contribution in [2.75, 3.05) is 7.11 Å². The van der Waals surface area contributed by atoms with Gasteiger partial charge >= 0.3 is 0 Å². The Kier molecular flexibility index (Phi) is 4.78. The molecule has 0 aliphatic rings. The highest BCUT2D eigenvalue weighted by molar-refractivity contribution is 14.1. The number of aromatic amines is 1. The number of hydrogen-bond donors (Lipinski definition) is 3. The zero-order valence-electron chi connectivity index (χ0n) is 11.3.